The second-order valence-electron chi connectivity index (χ2n) is 5.49. The zero-order chi connectivity index (χ0) is 22.9. The first-order chi connectivity index (χ1) is 13.8. The number of halogens is 7. The lowest BCUT2D eigenvalue weighted by Gasteiger charge is -2.18. The maximum atomic E-state index is 13.4. The fourth-order valence-electron chi connectivity index (χ4n) is 2.07. The van der Waals surface area contributed by atoms with Crippen LogP contribution in [0.2, 0.25) is 15.1 Å². The van der Waals surface area contributed by atoms with Crippen molar-refractivity contribution < 1.29 is 35.6 Å². The first-order valence-electron chi connectivity index (χ1n) is 7.56. The maximum Gasteiger partial charge on any atom is 0.408 e. The van der Waals surface area contributed by atoms with Crippen LogP contribution in [0.4, 0.5) is 28.0 Å². The molecule has 0 radical (unpaired) electrons. The lowest BCUT2D eigenvalue weighted by atomic mass is 10.2. The summed E-state index contributed by atoms with van der Waals surface area (Å²) >= 11 is 17.3. The minimum atomic E-state index is -5.89. The zero-order valence-corrected chi connectivity index (χ0v) is 17.3. The Labute approximate surface area is 182 Å². The topological polar surface area (TPSA) is 92.3 Å². The van der Waals surface area contributed by atoms with Gasteiger partial charge < -0.3 is 5.32 Å². The predicted molar refractivity (Wildman–Crippen MR) is 103 cm³/mol. The molecule has 0 spiro atoms. The van der Waals surface area contributed by atoms with Crippen LogP contribution in [-0.2, 0) is 9.84 Å². The van der Waals surface area contributed by atoms with Crippen molar-refractivity contribution in [2.45, 2.75) is 16.6 Å². The van der Waals surface area contributed by atoms with Crippen molar-refractivity contribution in [3.63, 3.8) is 0 Å². The molecule has 0 saturated heterocycles. The number of sulfone groups is 1. The van der Waals surface area contributed by atoms with E-state index in [2.05, 4.69) is 5.32 Å². The summed E-state index contributed by atoms with van der Waals surface area (Å²) in [6.45, 7) is 0. The Bertz CT molecular complexity index is 1110. The van der Waals surface area contributed by atoms with Crippen LogP contribution < -0.4 is 10.6 Å². The average molecular weight is 508 g/mol. The molecule has 0 aliphatic carbocycles. The highest BCUT2D eigenvalue weighted by atomic mass is 35.5. The second kappa shape index (κ2) is 8.96. The summed E-state index contributed by atoms with van der Waals surface area (Å²) in [4.78, 5) is 22.6. The van der Waals surface area contributed by atoms with Gasteiger partial charge in [0.25, 0.3) is 15.7 Å². The lowest BCUT2D eigenvalue weighted by molar-refractivity contribution is -0.0636. The van der Waals surface area contributed by atoms with E-state index in [9.17, 15) is 35.6 Å². The third-order valence-electron chi connectivity index (χ3n) is 3.54. The van der Waals surface area contributed by atoms with Crippen LogP contribution in [0.5, 0.6) is 0 Å². The van der Waals surface area contributed by atoms with Crippen molar-refractivity contribution in [3.05, 3.63) is 57.0 Å². The van der Waals surface area contributed by atoms with Crippen molar-refractivity contribution in [2.75, 3.05) is 5.32 Å². The summed E-state index contributed by atoms with van der Waals surface area (Å²) in [6, 6.07) is 5.83. The largest absolute Gasteiger partial charge is 0.408 e. The fraction of sp³-hybridized carbons (Fsp3) is 0.125. The lowest BCUT2D eigenvalue weighted by Crippen LogP contribution is -2.37. The van der Waals surface area contributed by atoms with Crippen LogP contribution >= 0.6 is 34.8 Å². The molecule has 0 heterocycles. The smallest absolute Gasteiger partial charge is 0.306 e. The summed E-state index contributed by atoms with van der Waals surface area (Å²) in [7, 11) is -5.89. The molecule has 2 N–H and O–H groups in total. The number of urea groups is 1. The second-order valence-corrected chi connectivity index (χ2v) is 8.65. The highest BCUT2D eigenvalue weighted by Crippen LogP contribution is 2.42. The molecule has 14 heteroatoms. The number of carbonyl (C=O) groups is 2. The summed E-state index contributed by atoms with van der Waals surface area (Å²) in [5.41, 5.74) is -0.417. The Balaban J connectivity index is 2.27. The minimum Gasteiger partial charge on any atom is -0.306 e. The highest BCUT2D eigenvalue weighted by Gasteiger charge is 2.55. The number of rotatable bonds is 5. The summed E-state index contributed by atoms with van der Waals surface area (Å²) in [6.07, 6.45) is -4.52. The van der Waals surface area contributed by atoms with Crippen LogP contribution in [0, 0.1) is 0 Å². The Kier molecular flexibility index (Phi) is 7.23. The number of anilines is 1. The molecule has 6 nitrogen and oxygen atoms in total. The van der Waals surface area contributed by atoms with Crippen LogP contribution in [0.25, 0.3) is 0 Å². The monoisotopic (exact) mass is 506 g/mol. The van der Waals surface area contributed by atoms with Gasteiger partial charge in [0.2, 0.25) is 0 Å². The predicted octanol–water partition coefficient (Wildman–Crippen LogP) is 5.24. The number of amides is 3. The van der Waals surface area contributed by atoms with Gasteiger partial charge in [-0.3, -0.25) is 10.1 Å². The molecule has 0 aliphatic rings. The molecule has 0 saturated carbocycles. The number of hydrogen-bond donors (Lipinski definition) is 2. The van der Waals surface area contributed by atoms with Crippen molar-refractivity contribution in [3.8, 4) is 0 Å². The van der Waals surface area contributed by atoms with E-state index in [4.69, 9.17) is 34.8 Å². The number of alkyl halides is 4. The molecule has 0 aliphatic heterocycles. The summed E-state index contributed by atoms with van der Waals surface area (Å²) in [5, 5.41) is -3.17. The van der Waals surface area contributed by atoms with E-state index in [0.717, 1.165) is 6.07 Å². The van der Waals surface area contributed by atoms with Gasteiger partial charge in [-0.25, -0.2) is 22.0 Å². The third-order valence-corrected chi connectivity index (χ3v) is 6.68. The molecule has 3 amide bonds. The van der Waals surface area contributed by atoms with Gasteiger partial charge >= 0.3 is 17.7 Å². The first-order valence-corrected chi connectivity index (χ1v) is 10.2. The molecule has 162 valence electrons. The van der Waals surface area contributed by atoms with E-state index in [1.54, 1.807) is 6.07 Å². The first kappa shape index (κ1) is 24.2. The van der Waals surface area contributed by atoms with Crippen molar-refractivity contribution in [1.29, 1.82) is 0 Å². The average Bonchev–Trinajstić information content (AvgIpc) is 2.65. The number of benzene rings is 2. The summed E-state index contributed by atoms with van der Waals surface area (Å²) < 4.78 is 75.3. The molecule has 0 bridgehead atoms. The van der Waals surface area contributed by atoms with Crippen molar-refractivity contribution >= 4 is 62.3 Å². The van der Waals surface area contributed by atoms with Gasteiger partial charge in [0.1, 0.15) is 0 Å². The Morgan fingerprint density at radius 3 is 2.13 bits per heavy atom. The van der Waals surface area contributed by atoms with E-state index in [0.29, 0.717) is 6.07 Å². The van der Waals surface area contributed by atoms with E-state index in [1.807, 2.05) is 5.32 Å². The van der Waals surface area contributed by atoms with Crippen LogP contribution in [0.15, 0.2) is 41.3 Å². The van der Waals surface area contributed by atoms with E-state index < -0.39 is 48.4 Å². The van der Waals surface area contributed by atoms with E-state index >= 15 is 0 Å². The molecule has 0 atom stereocenters. The molecule has 2 aromatic rings. The van der Waals surface area contributed by atoms with Crippen LogP contribution in [-0.4, -0.2) is 32.0 Å². The molecule has 2 aromatic carbocycles. The minimum absolute atomic E-state index is 0.0332. The number of nitrogens with one attached hydrogen (secondary N) is 2. The Morgan fingerprint density at radius 1 is 0.967 bits per heavy atom. The van der Waals surface area contributed by atoms with Gasteiger partial charge in [0.05, 0.1) is 31.2 Å². The third kappa shape index (κ3) is 4.64. The molecule has 2 rings (SSSR count). The highest BCUT2D eigenvalue weighted by molar-refractivity contribution is 7.92. The normalized spacial score (nSPS) is 12.0. The van der Waals surface area contributed by atoms with Gasteiger partial charge in [-0.2, -0.15) is 8.78 Å². The molecular weight excluding hydrogens is 499 g/mol. The molecule has 0 fully saturated rings. The molecule has 0 unspecified atom stereocenters. The van der Waals surface area contributed by atoms with E-state index in [1.165, 1.54) is 18.2 Å². The van der Waals surface area contributed by atoms with E-state index in [-0.39, 0.29) is 16.3 Å². The SMILES string of the molecule is O=C(NC(=O)c1ccccc1Cl)Nc1ccc(S(=O)(=O)C(F)(F)C(F)F)c(Cl)c1Cl. The van der Waals surface area contributed by atoms with Crippen molar-refractivity contribution in [2.24, 2.45) is 0 Å². The summed E-state index contributed by atoms with van der Waals surface area (Å²) in [5.74, 6) is -0.893. The molecule has 30 heavy (non-hydrogen) atoms. The van der Waals surface area contributed by atoms with Crippen LogP contribution in [0.3, 0.4) is 0 Å². The van der Waals surface area contributed by atoms with Gasteiger partial charge in [0.15, 0.2) is 0 Å². The number of hydrogen-bond acceptors (Lipinski definition) is 4. The maximum absolute atomic E-state index is 13.4. The van der Waals surface area contributed by atoms with Gasteiger partial charge in [-0.1, -0.05) is 46.9 Å². The number of imide groups is 1. The number of carbonyl (C=O) groups excluding carboxylic acids is 2. The van der Waals surface area contributed by atoms with Crippen molar-refractivity contribution in [1.82, 2.24) is 5.32 Å². The Morgan fingerprint density at radius 2 is 1.57 bits per heavy atom. The fourth-order valence-corrected chi connectivity index (χ4v) is 4.14. The van der Waals surface area contributed by atoms with Gasteiger partial charge in [0, 0.05) is 0 Å². The standard InChI is InChI=1S/C16H9Cl3F4N2O4S/c17-8-4-2-1-3-7(8)13(26)25-15(27)24-9-5-6-10(12(19)11(9)18)30(28,29)16(22,23)14(20)21/h1-6,14H,(H2,24,25,26,27). The zero-order valence-electron chi connectivity index (χ0n) is 14.2. The molecule has 0 aromatic heterocycles. The van der Waals surface area contributed by atoms with Gasteiger partial charge in [-0.15, -0.1) is 0 Å². The molecular formula is C16H9Cl3F4N2O4S. The van der Waals surface area contributed by atoms with Crippen LogP contribution in [0.1, 0.15) is 10.4 Å². The van der Waals surface area contributed by atoms with Gasteiger partial charge in [-0.05, 0) is 24.3 Å². The quantitative estimate of drug-likeness (QED) is 0.542. The Hall–Kier alpha value is -2.08.